The van der Waals surface area contributed by atoms with Gasteiger partial charge in [-0.1, -0.05) is 163 Å². The Morgan fingerprint density at radius 2 is 0.643 bits per heavy atom. The zero-order chi connectivity index (χ0) is 47.8. The van der Waals surface area contributed by atoms with Crippen molar-refractivity contribution in [3.8, 4) is 34.9 Å². The van der Waals surface area contributed by atoms with E-state index in [1.807, 2.05) is 0 Å². The molecule has 0 amide bonds. The molecule has 0 aliphatic carbocycles. The highest BCUT2D eigenvalue weighted by Gasteiger charge is 2.38. The quantitative estimate of drug-likeness (QED) is 0.177. The zero-order valence-corrected chi connectivity index (χ0v) is 40.0. The van der Waals surface area contributed by atoms with Crippen molar-refractivity contribution < 1.29 is 0 Å². The maximum Gasteiger partial charge on any atom is 0.102 e. The van der Waals surface area contributed by atoms with Gasteiger partial charge in [-0.05, 0) is 71.5 Å². The van der Waals surface area contributed by atoms with Crippen LogP contribution in [0, 0.1) is 22.7 Å². The summed E-state index contributed by atoms with van der Waals surface area (Å²) in [6.07, 6.45) is 0. The number of nitriles is 2. The van der Waals surface area contributed by atoms with Gasteiger partial charge in [-0.3, -0.25) is 0 Å². The van der Waals surface area contributed by atoms with Crippen LogP contribution in [0.15, 0.2) is 182 Å². The summed E-state index contributed by atoms with van der Waals surface area (Å²) in [6.45, 7) is 13.3. The average Bonchev–Trinajstić information content (AvgIpc) is 4.10. The van der Waals surface area contributed by atoms with Gasteiger partial charge in [-0.15, -0.1) is 0 Å². The molecule has 0 fully saturated rings. The smallest absolute Gasteiger partial charge is 0.102 e. The molecule has 0 unspecified atom stereocenters. The van der Waals surface area contributed by atoms with Crippen molar-refractivity contribution in [1.82, 2.24) is 18.3 Å². The molecular weight excluding hydrogens is 853 g/mol. The molecule has 6 nitrogen and oxygen atoms in total. The van der Waals surface area contributed by atoms with Crippen LogP contribution in [0.4, 0.5) is 0 Å². The van der Waals surface area contributed by atoms with Gasteiger partial charge >= 0.3 is 0 Å². The Morgan fingerprint density at radius 3 is 1.01 bits per heavy atom. The van der Waals surface area contributed by atoms with E-state index in [1.165, 1.54) is 0 Å². The second-order valence-electron chi connectivity index (χ2n) is 20.7. The van der Waals surface area contributed by atoms with Crippen molar-refractivity contribution in [3.05, 3.63) is 204 Å². The molecule has 6 heteroatoms. The van der Waals surface area contributed by atoms with Gasteiger partial charge in [0.25, 0.3) is 0 Å². The third kappa shape index (κ3) is 5.59. The largest absolute Gasteiger partial charge is 0.309 e. The number of fused-ring (bicyclic) bond motifs is 14. The van der Waals surface area contributed by atoms with Crippen molar-refractivity contribution in [2.45, 2.75) is 52.4 Å². The summed E-state index contributed by atoms with van der Waals surface area (Å²) in [4.78, 5) is 0. The maximum absolute atomic E-state index is 12.2. The number of hydrogen-bond donors (Lipinski definition) is 0. The summed E-state index contributed by atoms with van der Waals surface area (Å²) in [5.74, 6) is 0. The fourth-order valence-electron chi connectivity index (χ4n) is 12.0. The van der Waals surface area contributed by atoms with Gasteiger partial charge in [-0.2, -0.15) is 10.5 Å². The molecule has 0 saturated carbocycles. The van der Waals surface area contributed by atoms with Crippen LogP contribution in [0.25, 0.3) is 110 Å². The van der Waals surface area contributed by atoms with E-state index in [0.717, 1.165) is 115 Å². The molecule has 4 heterocycles. The zero-order valence-electron chi connectivity index (χ0n) is 40.0. The first kappa shape index (κ1) is 41.4. The van der Waals surface area contributed by atoms with Gasteiger partial charge in [-0.25, -0.2) is 0 Å². The molecule has 0 saturated heterocycles. The minimum absolute atomic E-state index is 0.489. The van der Waals surface area contributed by atoms with Gasteiger partial charge in [0.2, 0.25) is 0 Å². The minimum atomic E-state index is -0.593. The summed E-state index contributed by atoms with van der Waals surface area (Å²) in [5.41, 5.74) is 13.5. The van der Waals surface area contributed by atoms with Crippen LogP contribution in [0.5, 0.6) is 0 Å². The van der Waals surface area contributed by atoms with E-state index >= 15 is 0 Å². The van der Waals surface area contributed by atoms with Gasteiger partial charge in [0.15, 0.2) is 0 Å². The van der Waals surface area contributed by atoms with E-state index < -0.39 is 10.8 Å². The Morgan fingerprint density at radius 1 is 0.314 bits per heavy atom. The van der Waals surface area contributed by atoms with E-state index in [4.69, 9.17) is 0 Å². The number of rotatable bonds is 4. The van der Waals surface area contributed by atoms with Crippen LogP contribution in [0.2, 0.25) is 0 Å². The SMILES string of the molecule is CC(C)(C)c1c(C#N)c(-n2c3ccccc3c3ccc4c(c5ccccc5n4-c4ccccc4)c32)c(C#N)c(C(C)(C)C)c1-n1c2ccccc2c2ccc3c(c4ccccc4n3-c3ccccc3)c21. The lowest BCUT2D eigenvalue weighted by Gasteiger charge is -2.35. The van der Waals surface area contributed by atoms with Crippen molar-refractivity contribution in [2.24, 2.45) is 0 Å². The fourth-order valence-corrected chi connectivity index (χ4v) is 12.0. The maximum atomic E-state index is 12.2. The summed E-state index contributed by atoms with van der Waals surface area (Å²) in [5, 5.41) is 33.1. The third-order valence-electron chi connectivity index (χ3n) is 14.6. The molecule has 0 bridgehead atoms. The molecule has 9 aromatic carbocycles. The second-order valence-corrected chi connectivity index (χ2v) is 20.7. The number of nitrogens with zero attached hydrogens (tertiary/aromatic N) is 6. The Kier molecular flexibility index (Phi) is 8.76. The molecule has 0 aliphatic rings. The van der Waals surface area contributed by atoms with Crippen LogP contribution in [0.3, 0.4) is 0 Å². The summed E-state index contributed by atoms with van der Waals surface area (Å²) < 4.78 is 9.41. The molecule has 13 rings (SSSR count). The predicted octanol–water partition coefficient (Wildman–Crippen LogP) is 16.4. The van der Waals surface area contributed by atoms with Crippen molar-refractivity contribution in [1.29, 1.82) is 10.5 Å². The standard InChI is InChI=1S/C64H48N6/c1-63(2,3)57-47(37-65)59(69-49-29-17-13-25-41(49)43-33-35-53-55(60(43)69)45-27-15-19-31-51(45)67(53)39-21-9-7-10-22-39)48(38-66)58(64(4,5)6)62(57)70-50-30-18-14-26-42(50)44-34-36-54-56(61(44)70)46-28-16-20-32-52(46)68(54)40-23-11-8-12-24-40/h7-36H,1-6H3. The van der Waals surface area contributed by atoms with Gasteiger partial charge in [0, 0.05) is 65.6 Å². The molecule has 4 aromatic heterocycles. The van der Waals surface area contributed by atoms with E-state index in [0.29, 0.717) is 16.8 Å². The van der Waals surface area contributed by atoms with Gasteiger partial charge < -0.3 is 18.3 Å². The summed E-state index contributed by atoms with van der Waals surface area (Å²) >= 11 is 0. The average molecular weight is 901 g/mol. The molecule has 0 atom stereocenters. The van der Waals surface area contributed by atoms with E-state index in [2.05, 4.69) is 254 Å². The number of hydrogen-bond acceptors (Lipinski definition) is 2. The number of para-hydroxylation sites is 6. The van der Waals surface area contributed by atoms with Crippen LogP contribution < -0.4 is 0 Å². The van der Waals surface area contributed by atoms with Crippen molar-refractivity contribution >= 4 is 87.2 Å². The highest BCUT2D eigenvalue weighted by Crippen LogP contribution is 2.51. The van der Waals surface area contributed by atoms with E-state index in [-0.39, 0.29) is 0 Å². The highest BCUT2D eigenvalue weighted by molar-refractivity contribution is 6.28. The van der Waals surface area contributed by atoms with Crippen LogP contribution in [-0.4, -0.2) is 18.3 Å². The highest BCUT2D eigenvalue weighted by atomic mass is 15.0. The van der Waals surface area contributed by atoms with Crippen molar-refractivity contribution in [2.75, 3.05) is 0 Å². The first-order valence-corrected chi connectivity index (χ1v) is 24.1. The molecular formula is C64H48N6. The Balaban J connectivity index is 1.27. The van der Waals surface area contributed by atoms with Gasteiger partial charge in [0.1, 0.15) is 12.1 Å². The van der Waals surface area contributed by atoms with Crippen LogP contribution >= 0.6 is 0 Å². The van der Waals surface area contributed by atoms with Gasteiger partial charge in [0.05, 0.1) is 66.6 Å². The fraction of sp³-hybridized carbons (Fsp3) is 0.125. The molecule has 0 aliphatic heterocycles. The summed E-state index contributed by atoms with van der Waals surface area (Å²) in [7, 11) is 0. The Labute approximate surface area is 405 Å². The monoisotopic (exact) mass is 900 g/mol. The predicted molar refractivity (Wildman–Crippen MR) is 291 cm³/mol. The molecule has 0 N–H and O–H groups in total. The molecule has 13 aromatic rings. The molecule has 334 valence electrons. The number of benzene rings is 9. The van der Waals surface area contributed by atoms with Crippen LogP contribution in [0.1, 0.15) is 63.8 Å². The lowest BCUT2D eigenvalue weighted by Crippen LogP contribution is -2.27. The molecule has 0 radical (unpaired) electrons. The van der Waals surface area contributed by atoms with E-state index in [9.17, 15) is 10.5 Å². The minimum Gasteiger partial charge on any atom is -0.309 e. The second kappa shape index (κ2) is 14.8. The normalized spacial score (nSPS) is 12.4. The third-order valence-corrected chi connectivity index (χ3v) is 14.6. The number of aromatic nitrogens is 4. The summed E-state index contributed by atoms with van der Waals surface area (Å²) in [6, 6.07) is 70.2. The first-order valence-electron chi connectivity index (χ1n) is 24.1. The van der Waals surface area contributed by atoms with E-state index in [1.54, 1.807) is 0 Å². The van der Waals surface area contributed by atoms with Crippen molar-refractivity contribution in [3.63, 3.8) is 0 Å². The molecule has 0 spiro atoms. The molecule has 70 heavy (non-hydrogen) atoms. The Bertz CT molecular complexity index is 4380. The first-order chi connectivity index (χ1) is 34.0. The lowest BCUT2D eigenvalue weighted by atomic mass is 9.73. The lowest BCUT2D eigenvalue weighted by molar-refractivity contribution is 0.561. The Hall–Kier alpha value is -8.84. The van der Waals surface area contributed by atoms with Crippen LogP contribution in [-0.2, 0) is 10.8 Å². The topological polar surface area (TPSA) is 67.3 Å².